The molecule has 0 aromatic carbocycles. The van der Waals surface area contributed by atoms with Crippen molar-refractivity contribution in [1.82, 2.24) is 10.2 Å². The molecule has 2 aliphatic rings. The number of rotatable bonds is 3. The second kappa shape index (κ2) is 4.08. The zero-order chi connectivity index (χ0) is 10.8. The molecular formula is C10H16N2O3. The number of aliphatic carboxylic acids is 1. The number of carboxylic acids is 1. The molecule has 2 N–H and O–H groups in total. The minimum atomic E-state index is -0.845. The van der Waals surface area contributed by atoms with Crippen LogP contribution >= 0.6 is 0 Å². The Hall–Kier alpha value is -1.26. The third kappa shape index (κ3) is 2.06. The summed E-state index contributed by atoms with van der Waals surface area (Å²) < 4.78 is 0. The molecule has 0 bridgehead atoms. The van der Waals surface area contributed by atoms with Gasteiger partial charge in [0.25, 0.3) is 0 Å². The molecule has 5 nitrogen and oxygen atoms in total. The van der Waals surface area contributed by atoms with Crippen LogP contribution in [-0.2, 0) is 4.79 Å². The predicted octanol–water partition coefficient (Wildman–Crippen LogP) is 0.797. The number of nitrogens with one attached hydrogen (secondary N) is 1. The van der Waals surface area contributed by atoms with Crippen molar-refractivity contribution in [2.75, 3.05) is 6.54 Å². The fourth-order valence-electron chi connectivity index (χ4n) is 2.53. The number of hydrogen-bond acceptors (Lipinski definition) is 2. The lowest BCUT2D eigenvalue weighted by atomic mass is 9.91. The highest BCUT2D eigenvalue weighted by molar-refractivity contribution is 5.78. The van der Waals surface area contributed by atoms with Gasteiger partial charge in [0.15, 0.2) is 0 Å². The van der Waals surface area contributed by atoms with E-state index in [0.29, 0.717) is 6.54 Å². The molecule has 0 aromatic rings. The van der Waals surface area contributed by atoms with Crippen LogP contribution in [0.25, 0.3) is 0 Å². The predicted molar refractivity (Wildman–Crippen MR) is 53.5 cm³/mol. The van der Waals surface area contributed by atoms with E-state index in [1.807, 2.05) is 0 Å². The van der Waals surface area contributed by atoms with Gasteiger partial charge >= 0.3 is 12.0 Å². The van der Waals surface area contributed by atoms with Gasteiger partial charge in [0.1, 0.15) is 0 Å². The zero-order valence-electron chi connectivity index (χ0n) is 8.61. The largest absolute Gasteiger partial charge is 0.481 e. The number of urea groups is 1. The Kier molecular flexibility index (Phi) is 2.79. The molecule has 1 aliphatic heterocycles. The van der Waals surface area contributed by atoms with Crippen LogP contribution in [0.15, 0.2) is 0 Å². The summed E-state index contributed by atoms with van der Waals surface area (Å²) in [5.41, 5.74) is 0. The van der Waals surface area contributed by atoms with Crippen LogP contribution in [-0.4, -0.2) is 40.6 Å². The van der Waals surface area contributed by atoms with E-state index in [0.717, 1.165) is 25.7 Å². The van der Waals surface area contributed by atoms with Gasteiger partial charge in [-0.3, -0.25) is 4.79 Å². The van der Waals surface area contributed by atoms with Crippen molar-refractivity contribution in [2.45, 2.75) is 44.2 Å². The Morgan fingerprint density at radius 2 is 2.20 bits per heavy atom. The molecule has 1 saturated carbocycles. The summed E-state index contributed by atoms with van der Waals surface area (Å²) in [6, 6.07) is 0.388. The lowest BCUT2D eigenvalue weighted by Gasteiger charge is -2.29. The zero-order valence-corrected chi connectivity index (χ0v) is 8.61. The monoisotopic (exact) mass is 212 g/mol. The molecule has 0 radical (unpaired) electrons. The number of carbonyl (C=O) groups excluding carboxylic acids is 1. The molecule has 2 fully saturated rings. The van der Waals surface area contributed by atoms with Crippen molar-refractivity contribution >= 4 is 12.0 Å². The molecule has 2 rings (SSSR count). The fraction of sp³-hybridized carbons (Fsp3) is 0.800. The van der Waals surface area contributed by atoms with E-state index in [4.69, 9.17) is 5.11 Å². The summed E-state index contributed by atoms with van der Waals surface area (Å²) in [4.78, 5) is 23.7. The van der Waals surface area contributed by atoms with E-state index < -0.39 is 5.97 Å². The molecule has 1 saturated heterocycles. The van der Waals surface area contributed by atoms with E-state index in [9.17, 15) is 9.59 Å². The van der Waals surface area contributed by atoms with Crippen molar-refractivity contribution in [1.29, 1.82) is 0 Å². The van der Waals surface area contributed by atoms with Crippen molar-refractivity contribution in [3.63, 3.8) is 0 Å². The van der Waals surface area contributed by atoms with Gasteiger partial charge in [-0.2, -0.15) is 0 Å². The molecule has 5 heteroatoms. The first-order valence-corrected chi connectivity index (χ1v) is 5.47. The molecule has 1 heterocycles. The first-order chi connectivity index (χ1) is 7.18. The maximum absolute atomic E-state index is 11.6. The van der Waals surface area contributed by atoms with E-state index in [1.165, 1.54) is 0 Å². The maximum atomic E-state index is 11.6. The second-order valence-corrected chi connectivity index (χ2v) is 4.24. The van der Waals surface area contributed by atoms with Gasteiger partial charge in [-0.15, -0.1) is 0 Å². The first kappa shape index (κ1) is 10.3. The summed E-state index contributed by atoms with van der Waals surface area (Å²) in [7, 11) is 0. The van der Waals surface area contributed by atoms with Gasteiger partial charge in [0, 0.05) is 6.54 Å². The average Bonchev–Trinajstić information content (AvgIpc) is 2.50. The Balaban J connectivity index is 1.97. The summed E-state index contributed by atoms with van der Waals surface area (Å²) in [5, 5.41) is 11.5. The van der Waals surface area contributed by atoms with Crippen LogP contribution in [0.5, 0.6) is 0 Å². The molecule has 0 aromatic heterocycles. The Labute approximate surface area is 88.4 Å². The van der Waals surface area contributed by atoms with Gasteiger partial charge in [0.2, 0.25) is 0 Å². The van der Waals surface area contributed by atoms with Crippen molar-refractivity contribution in [2.24, 2.45) is 0 Å². The highest BCUT2D eigenvalue weighted by Crippen LogP contribution is 2.27. The number of fused-ring (bicyclic) bond motifs is 1. The first-order valence-electron chi connectivity index (χ1n) is 5.47. The van der Waals surface area contributed by atoms with Crippen LogP contribution in [0.2, 0.25) is 0 Å². The quantitative estimate of drug-likeness (QED) is 0.727. The SMILES string of the molecule is O=C(O)CCN1C(=O)NC2CCCCC21. The molecule has 0 spiro atoms. The van der Waals surface area contributed by atoms with E-state index >= 15 is 0 Å². The smallest absolute Gasteiger partial charge is 0.318 e. The van der Waals surface area contributed by atoms with Crippen LogP contribution in [0.1, 0.15) is 32.1 Å². The minimum absolute atomic E-state index is 0.0383. The van der Waals surface area contributed by atoms with Gasteiger partial charge in [0.05, 0.1) is 18.5 Å². The highest BCUT2D eigenvalue weighted by Gasteiger charge is 2.40. The van der Waals surface area contributed by atoms with E-state index in [-0.39, 0.29) is 24.5 Å². The maximum Gasteiger partial charge on any atom is 0.318 e. The molecule has 2 unspecified atom stereocenters. The Bertz CT molecular complexity index is 280. The van der Waals surface area contributed by atoms with Crippen LogP contribution in [0.4, 0.5) is 4.79 Å². The number of amides is 2. The third-order valence-corrected chi connectivity index (χ3v) is 3.27. The van der Waals surface area contributed by atoms with Crippen molar-refractivity contribution < 1.29 is 14.7 Å². The number of carboxylic acid groups (broad SMARTS) is 1. The van der Waals surface area contributed by atoms with Crippen LogP contribution < -0.4 is 5.32 Å². The average molecular weight is 212 g/mol. The molecule has 15 heavy (non-hydrogen) atoms. The fourth-order valence-corrected chi connectivity index (χ4v) is 2.53. The normalized spacial score (nSPS) is 29.9. The summed E-state index contributed by atoms with van der Waals surface area (Å²) in [5.74, 6) is -0.845. The lowest BCUT2D eigenvalue weighted by molar-refractivity contribution is -0.137. The minimum Gasteiger partial charge on any atom is -0.481 e. The van der Waals surface area contributed by atoms with Gasteiger partial charge in [-0.1, -0.05) is 12.8 Å². The highest BCUT2D eigenvalue weighted by atomic mass is 16.4. The summed E-state index contributed by atoms with van der Waals surface area (Å²) in [6.45, 7) is 0.336. The molecule has 2 atom stereocenters. The number of hydrogen-bond donors (Lipinski definition) is 2. The summed E-state index contributed by atoms with van der Waals surface area (Å²) in [6.07, 6.45) is 4.37. The van der Waals surface area contributed by atoms with Gasteiger partial charge in [-0.25, -0.2) is 4.79 Å². The molecule has 84 valence electrons. The summed E-state index contributed by atoms with van der Waals surface area (Å²) >= 11 is 0. The van der Waals surface area contributed by atoms with Crippen LogP contribution in [0, 0.1) is 0 Å². The number of nitrogens with zero attached hydrogens (tertiary/aromatic N) is 1. The third-order valence-electron chi connectivity index (χ3n) is 3.27. The number of carbonyl (C=O) groups is 2. The van der Waals surface area contributed by atoms with Crippen molar-refractivity contribution in [3.8, 4) is 0 Å². The Morgan fingerprint density at radius 3 is 2.93 bits per heavy atom. The van der Waals surface area contributed by atoms with Gasteiger partial charge in [-0.05, 0) is 12.8 Å². The lowest BCUT2D eigenvalue weighted by Crippen LogP contribution is -2.39. The van der Waals surface area contributed by atoms with E-state index in [1.54, 1.807) is 4.90 Å². The second-order valence-electron chi connectivity index (χ2n) is 4.24. The molecular weight excluding hydrogens is 196 g/mol. The van der Waals surface area contributed by atoms with E-state index in [2.05, 4.69) is 5.32 Å². The van der Waals surface area contributed by atoms with Gasteiger partial charge < -0.3 is 15.3 Å². The standard InChI is InChI=1S/C10H16N2O3/c13-9(14)5-6-12-8-4-2-1-3-7(8)11-10(12)15/h7-8H,1-6H2,(H,11,15)(H,13,14). The topological polar surface area (TPSA) is 69.6 Å². The Morgan fingerprint density at radius 1 is 1.47 bits per heavy atom. The molecule has 2 amide bonds. The van der Waals surface area contributed by atoms with Crippen LogP contribution in [0.3, 0.4) is 0 Å². The van der Waals surface area contributed by atoms with Crippen molar-refractivity contribution in [3.05, 3.63) is 0 Å². The molecule has 1 aliphatic carbocycles.